The van der Waals surface area contributed by atoms with Gasteiger partial charge in [0.2, 0.25) is 0 Å². The van der Waals surface area contributed by atoms with Crippen LogP contribution in [0.4, 0.5) is 5.69 Å². The quantitative estimate of drug-likeness (QED) is 0.331. The van der Waals surface area contributed by atoms with Crippen LogP contribution in [-0.4, -0.2) is 27.8 Å². The summed E-state index contributed by atoms with van der Waals surface area (Å²) in [5.74, 6) is -1.26. The Hall–Kier alpha value is -3.30. The number of aromatic nitrogens is 1. The van der Waals surface area contributed by atoms with Gasteiger partial charge in [-0.05, 0) is 19.1 Å². The maximum atomic E-state index is 12.2. The average Bonchev–Trinajstić information content (AvgIpc) is 3.21. The number of amides is 1. The van der Waals surface area contributed by atoms with Crippen LogP contribution in [0, 0.1) is 10.1 Å². The molecule has 30 heavy (non-hydrogen) atoms. The van der Waals surface area contributed by atoms with E-state index in [0.717, 1.165) is 11.6 Å². The maximum Gasteiger partial charge on any atom is 0.328 e. The average molecular weight is 446 g/mol. The Balaban J connectivity index is 1.56. The monoisotopic (exact) mass is 445 g/mol. The highest BCUT2D eigenvalue weighted by molar-refractivity contribution is 7.13. The van der Waals surface area contributed by atoms with Gasteiger partial charge in [-0.1, -0.05) is 35.9 Å². The predicted molar refractivity (Wildman–Crippen MR) is 112 cm³/mol. The molecular weight excluding hydrogens is 430 g/mol. The van der Waals surface area contributed by atoms with E-state index in [9.17, 15) is 19.7 Å². The number of carbonyl (C=O) groups is 2. The third kappa shape index (κ3) is 5.19. The van der Waals surface area contributed by atoms with Gasteiger partial charge >= 0.3 is 5.97 Å². The summed E-state index contributed by atoms with van der Waals surface area (Å²) >= 11 is 7.54. The summed E-state index contributed by atoms with van der Waals surface area (Å²) in [5, 5.41) is 16.3. The predicted octanol–water partition coefficient (Wildman–Crippen LogP) is 4.23. The number of ether oxygens (including phenoxy) is 1. The fourth-order valence-electron chi connectivity index (χ4n) is 2.50. The van der Waals surface area contributed by atoms with E-state index < -0.39 is 22.8 Å². The van der Waals surface area contributed by atoms with Crippen molar-refractivity contribution in [3.05, 3.63) is 80.3 Å². The molecule has 0 aliphatic heterocycles. The smallest absolute Gasteiger partial charge is 0.328 e. The number of nitro groups is 1. The van der Waals surface area contributed by atoms with E-state index in [-0.39, 0.29) is 17.9 Å². The van der Waals surface area contributed by atoms with E-state index in [1.165, 1.54) is 36.5 Å². The zero-order valence-corrected chi connectivity index (χ0v) is 17.3. The van der Waals surface area contributed by atoms with Crippen molar-refractivity contribution in [3.8, 4) is 10.6 Å². The normalized spacial score (nSPS) is 11.5. The SMILES string of the molecule is CC(NC(=O)c1cccc([N+](=O)[O-])c1)C(=O)OCc1csc(-c2ccccc2Cl)n1. The van der Waals surface area contributed by atoms with Crippen LogP contribution in [0.25, 0.3) is 10.6 Å². The summed E-state index contributed by atoms with van der Waals surface area (Å²) < 4.78 is 5.22. The Morgan fingerprint density at radius 1 is 1.27 bits per heavy atom. The number of esters is 1. The van der Waals surface area contributed by atoms with Crippen molar-refractivity contribution in [2.24, 2.45) is 0 Å². The molecule has 0 aliphatic rings. The summed E-state index contributed by atoms with van der Waals surface area (Å²) in [5.41, 5.74) is 1.21. The molecule has 3 aromatic rings. The molecule has 0 spiro atoms. The van der Waals surface area contributed by atoms with Crippen molar-refractivity contribution in [2.75, 3.05) is 0 Å². The van der Waals surface area contributed by atoms with E-state index in [0.29, 0.717) is 15.7 Å². The molecule has 154 valence electrons. The molecule has 1 aromatic heterocycles. The van der Waals surface area contributed by atoms with Crippen LogP contribution in [0.2, 0.25) is 5.02 Å². The van der Waals surface area contributed by atoms with E-state index in [1.54, 1.807) is 11.4 Å². The first-order valence-corrected chi connectivity index (χ1v) is 10.0. The van der Waals surface area contributed by atoms with E-state index in [4.69, 9.17) is 16.3 Å². The lowest BCUT2D eigenvalue weighted by Crippen LogP contribution is -2.39. The van der Waals surface area contributed by atoms with Crippen LogP contribution >= 0.6 is 22.9 Å². The van der Waals surface area contributed by atoms with Gasteiger partial charge in [-0.25, -0.2) is 9.78 Å². The topological polar surface area (TPSA) is 111 Å². The summed E-state index contributed by atoms with van der Waals surface area (Å²) in [7, 11) is 0. The highest BCUT2D eigenvalue weighted by Crippen LogP contribution is 2.30. The first-order valence-electron chi connectivity index (χ1n) is 8.76. The molecule has 0 fully saturated rings. The van der Waals surface area contributed by atoms with Gasteiger partial charge in [0.25, 0.3) is 11.6 Å². The highest BCUT2D eigenvalue weighted by Gasteiger charge is 2.20. The van der Waals surface area contributed by atoms with Gasteiger partial charge in [-0.3, -0.25) is 14.9 Å². The Labute approximate surface area is 180 Å². The van der Waals surface area contributed by atoms with Crippen molar-refractivity contribution < 1.29 is 19.2 Å². The van der Waals surface area contributed by atoms with Crippen LogP contribution in [0.15, 0.2) is 53.9 Å². The van der Waals surface area contributed by atoms with Gasteiger partial charge in [0.15, 0.2) is 0 Å². The second kappa shape index (κ2) is 9.47. The number of hydrogen-bond donors (Lipinski definition) is 1. The molecule has 3 rings (SSSR count). The van der Waals surface area contributed by atoms with Crippen LogP contribution in [0.3, 0.4) is 0 Å². The number of rotatable bonds is 7. The Morgan fingerprint density at radius 3 is 2.77 bits per heavy atom. The van der Waals surface area contributed by atoms with Crippen LogP contribution in [-0.2, 0) is 16.1 Å². The number of nitro benzene ring substituents is 1. The van der Waals surface area contributed by atoms with Crippen LogP contribution < -0.4 is 5.32 Å². The Bertz CT molecular complexity index is 1100. The Morgan fingerprint density at radius 2 is 2.03 bits per heavy atom. The molecule has 1 N–H and O–H groups in total. The van der Waals surface area contributed by atoms with Crippen LogP contribution in [0.1, 0.15) is 23.0 Å². The van der Waals surface area contributed by atoms with Crippen LogP contribution in [0.5, 0.6) is 0 Å². The van der Waals surface area contributed by atoms with Gasteiger partial charge in [0.05, 0.1) is 15.6 Å². The molecule has 0 radical (unpaired) electrons. The lowest BCUT2D eigenvalue weighted by atomic mass is 10.2. The fraction of sp³-hybridized carbons (Fsp3) is 0.150. The number of thiazole rings is 1. The minimum atomic E-state index is -0.946. The van der Waals surface area contributed by atoms with E-state index in [1.807, 2.05) is 18.2 Å². The molecule has 1 atom stereocenters. The molecular formula is C20H16ClN3O5S. The molecule has 0 saturated carbocycles. The van der Waals surface area contributed by atoms with Gasteiger partial charge in [-0.2, -0.15) is 0 Å². The zero-order chi connectivity index (χ0) is 21.7. The standard InChI is InChI=1S/C20H16ClN3O5S/c1-12(22-18(25)13-5-4-6-15(9-13)24(27)28)20(26)29-10-14-11-30-19(23-14)16-7-2-3-8-17(16)21/h2-9,11-12H,10H2,1H3,(H,22,25). The molecule has 1 amide bonds. The first-order chi connectivity index (χ1) is 14.3. The number of nitrogens with one attached hydrogen (secondary N) is 1. The second-order valence-corrected chi connectivity index (χ2v) is 7.50. The van der Waals surface area contributed by atoms with E-state index >= 15 is 0 Å². The second-order valence-electron chi connectivity index (χ2n) is 6.23. The summed E-state index contributed by atoms with van der Waals surface area (Å²) in [6, 6.07) is 11.6. The number of benzene rings is 2. The summed E-state index contributed by atoms with van der Waals surface area (Å²) in [6.07, 6.45) is 0. The number of halogens is 1. The number of carbonyl (C=O) groups excluding carboxylic acids is 2. The summed E-state index contributed by atoms with van der Waals surface area (Å²) in [4.78, 5) is 39.1. The summed E-state index contributed by atoms with van der Waals surface area (Å²) in [6.45, 7) is 1.41. The number of non-ortho nitro benzene ring substituents is 1. The number of hydrogen-bond acceptors (Lipinski definition) is 7. The Kier molecular flexibility index (Phi) is 6.76. The lowest BCUT2D eigenvalue weighted by molar-refractivity contribution is -0.384. The molecule has 8 nitrogen and oxygen atoms in total. The van der Waals surface area contributed by atoms with Gasteiger partial charge in [0.1, 0.15) is 17.7 Å². The molecule has 0 saturated heterocycles. The zero-order valence-electron chi connectivity index (χ0n) is 15.7. The first kappa shape index (κ1) is 21.4. The largest absolute Gasteiger partial charge is 0.458 e. The maximum absolute atomic E-state index is 12.2. The minimum absolute atomic E-state index is 0.0587. The lowest BCUT2D eigenvalue weighted by Gasteiger charge is -2.13. The highest BCUT2D eigenvalue weighted by atomic mass is 35.5. The van der Waals surface area contributed by atoms with Crippen molar-refractivity contribution in [2.45, 2.75) is 19.6 Å². The van der Waals surface area contributed by atoms with Gasteiger partial charge in [-0.15, -0.1) is 11.3 Å². The molecule has 2 aromatic carbocycles. The van der Waals surface area contributed by atoms with Gasteiger partial charge in [0, 0.05) is 28.6 Å². The third-order valence-corrected chi connectivity index (χ3v) is 5.29. The van der Waals surface area contributed by atoms with Crippen molar-refractivity contribution in [1.29, 1.82) is 0 Å². The number of nitrogens with zero attached hydrogens (tertiary/aromatic N) is 2. The minimum Gasteiger partial charge on any atom is -0.458 e. The molecule has 10 heteroatoms. The molecule has 1 heterocycles. The molecule has 0 bridgehead atoms. The third-order valence-electron chi connectivity index (χ3n) is 4.04. The fourth-order valence-corrected chi connectivity index (χ4v) is 3.63. The van der Waals surface area contributed by atoms with Gasteiger partial charge < -0.3 is 10.1 Å². The molecule has 1 unspecified atom stereocenters. The van der Waals surface area contributed by atoms with Crippen molar-refractivity contribution in [3.63, 3.8) is 0 Å². The van der Waals surface area contributed by atoms with E-state index in [2.05, 4.69) is 10.3 Å². The van der Waals surface area contributed by atoms with Crippen molar-refractivity contribution >= 4 is 40.5 Å². The van der Waals surface area contributed by atoms with Crippen molar-refractivity contribution in [1.82, 2.24) is 10.3 Å². The molecule has 0 aliphatic carbocycles.